The van der Waals surface area contributed by atoms with Crippen LogP contribution in [0.15, 0.2) is 48.5 Å². The van der Waals surface area contributed by atoms with Gasteiger partial charge in [-0.25, -0.2) is 4.98 Å². The highest BCUT2D eigenvalue weighted by Gasteiger charge is 1.96. The Kier molecular flexibility index (Phi) is 4.96. The predicted molar refractivity (Wildman–Crippen MR) is 95.4 cm³/mol. The maximum atomic E-state index is 5.89. The van der Waals surface area contributed by atoms with E-state index in [2.05, 4.69) is 17.1 Å². The molecule has 0 saturated heterocycles. The molecular weight excluding hydrogens is 389 g/mol. The fourth-order valence-corrected chi connectivity index (χ4v) is 2.72. The number of benzene rings is 1. The number of halogens is 2. The van der Waals surface area contributed by atoms with E-state index >= 15 is 0 Å². The fourth-order valence-electron chi connectivity index (χ4n) is 1.76. The smallest absolute Gasteiger partial charge is 0.0934 e. The number of pyridine rings is 1. The van der Waals surface area contributed by atoms with Gasteiger partial charge in [0.15, 0.2) is 0 Å². The monoisotopic (exact) mass is 399 g/mol. The Balaban J connectivity index is 0.00000133. The molecule has 19 heavy (non-hydrogen) atoms. The predicted octanol–water partition coefficient (Wildman–Crippen LogP) is 5.74. The van der Waals surface area contributed by atoms with Crippen LogP contribution in [0.1, 0.15) is 10.6 Å². The van der Waals surface area contributed by atoms with E-state index in [4.69, 9.17) is 11.6 Å². The van der Waals surface area contributed by atoms with Crippen LogP contribution in [0.3, 0.4) is 0 Å². The molecule has 96 valence electrons. The van der Waals surface area contributed by atoms with E-state index in [1.54, 1.807) is 11.3 Å². The molecule has 1 nitrogen and oxygen atoms in total. The van der Waals surface area contributed by atoms with Gasteiger partial charge in [0.2, 0.25) is 0 Å². The number of hydrogen-bond donors (Lipinski definition) is 0. The van der Waals surface area contributed by atoms with Gasteiger partial charge < -0.3 is 0 Å². The molecule has 0 aliphatic rings. The fraction of sp³-hybridized carbons (Fsp3) is 0. The van der Waals surface area contributed by atoms with Gasteiger partial charge in [-0.15, -0.1) is 35.3 Å². The highest BCUT2D eigenvalue weighted by molar-refractivity contribution is 14.0. The summed E-state index contributed by atoms with van der Waals surface area (Å²) in [6.07, 6.45) is 4.04. The summed E-state index contributed by atoms with van der Waals surface area (Å²) in [5.74, 6) is 0. The van der Waals surface area contributed by atoms with Crippen LogP contribution < -0.4 is 0 Å². The lowest BCUT2D eigenvalue weighted by Gasteiger charge is -1.97. The minimum Gasteiger partial charge on any atom is -0.248 e. The molecule has 0 radical (unpaired) electrons. The van der Waals surface area contributed by atoms with Crippen LogP contribution in [0.25, 0.3) is 23.1 Å². The van der Waals surface area contributed by atoms with Gasteiger partial charge in [0.05, 0.1) is 15.5 Å². The molecule has 3 rings (SSSR count). The van der Waals surface area contributed by atoms with Crippen LogP contribution in [-0.2, 0) is 0 Å². The van der Waals surface area contributed by atoms with E-state index in [1.165, 1.54) is 0 Å². The Hall–Kier alpha value is -0.910. The lowest BCUT2D eigenvalue weighted by molar-refractivity contribution is 1.37. The first-order chi connectivity index (χ1) is 8.81. The van der Waals surface area contributed by atoms with Crippen molar-refractivity contribution in [3.63, 3.8) is 0 Å². The Morgan fingerprint density at radius 2 is 1.79 bits per heavy atom. The number of hydrogen-bond acceptors (Lipinski definition) is 2. The second-order valence-electron chi connectivity index (χ2n) is 3.90. The lowest BCUT2D eigenvalue weighted by atomic mass is 10.2. The Morgan fingerprint density at radius 3 is 2.58 bits per heavy atom. The number of para-hydroxylation sites is 1. The normalized spacial score (nSPS) is 10.8. The summed E-state index contributed by atoms with van der Waals surface area (Å²) in [5.41, 5.74) is 1.97. The molecule has 2 aromatic heterocycles. The third-order valence-corrected chi connectivity index (χ3v) is 3.83. The van der Waals surface area contributed by atoms with Crippen molar-refractivity contribution in [2.75, 3.05) is 0 Å². The number of thiophene rings is 1. The maximum Gasteiger partial charge on any atom is 0.0934 e. The van der Waals surface area contributed by atoms with Crippen molar-refractivity contribution in [3.05, 3.63) is 63.4 Å². The zero-order chi connectivity index (χ0) is 12.4. The van der Waals surface area contributed by atoms with Crippen molar-refractivity contribution in [2.24, 2.45) is 0 Å². The minimum absolute atomic E-state index is 0. The van der Waals surface area contributed by atoms with Crippen molar-refractivity contribution in [3.8, 4) is 0 Å². The van der Waals surface area contributed by atoms with Crippen molar-refractivity contribution < 1.29 is 0 Å². The molecule has 0 bridgehead atoms. The van der Waals surface area contributed by atoms with Gasteiger partial charge in [-0.3, -0.25) is 0 Å². The molecule has 1 aromatic carbocycles. The minimum atomic E-state index is 0. The summed E-state index contributed by atoms with van der Waals surface area (Å²) in [5, 5.41) is 1.16. The van der Waals surface area contributed by atoms with Crippen LogP contribution in [0.2, 0.25) is 4.34 Å². The van der Waals surface area contributed by atoms with E-state index in [0.29, 0.717) is 0 Å². The van der Waals surface area contributed by atoms with Crippen LogP contribution >= 0.6 is 46.9 Å². The summed E-state index contributed by atoms with van der Waals surface area (Å²) in [7, 11) is 0. The molecule has 0 amide bonds. The second-order valence-corrected chi connectivity index (χ2v) is 5.65. The Labute approximate surface area is 138 Å². The maximum absolute atomic E-state index is 5.89. The molecule has 0 unspecified atom stereocenters. The summed E-state index contributed by atoms with van der Waals surface area (Å²) in [6, 6.07) is 16.1. The third kappa shape index (κ3) is 3.55. The van der Waals surface area contributed by atoms with Gasteiger partial charge >= 0.3 is 0 Å². The first kappa shape index (κ1) is 14.5. The lowest BCUT2D eigenvalue weighted by Crippen LogP contribution is -1.81. The molecule has 0 spiro atoms. The molecule has 0 atom stereocenters. The van der Waals surface area contributed by atoms with E-state index in [0.717, 1.165) is 25.8 Å². The molecule has 0 N–H and O–H groups in total. The van der Waals surface area contributed by atoms with Crippen molar-refractivity contribution in [2.45, 2.75) is 0 Å². The van der Waals surface area contributed by atoms with Gasteiger partial charge in [-0.1, -0.05) is 35.9 Å². The number of rotatable bonds is 2. The first-order valence-electron chi connectivity index (χ1n) is 5.60. The highest BCUT2D eigenvalue weighted by atomic mass is 127. The number of nitrogens with zero attached hydrogens (tertiary/aromatic N) is 1. The number of fused-ring (bicyclic) bond motifs is 1. The zero-order valence-corrected chi connectivity index (χ0v) is 13.8. The Bertz CT molecular complexity index is 721. The largest absolute Gasteiger partial charge is 0.248 e. The molecule has 4 heteroatoms. The summed E-state index contributed by atoms with van der Waals surface area (Å²) >= 11 is 7.45. The van der Waals surface area contributed by atoms with Crippen LogP contribution in [0, 0.1) is 0 Å². The summed E-state index contributed by atoms with van der Waals surface area (Å²) in [6.45, 7) is 0. The summed E-state index contributed by atoms with van der Waals surface area (Å²) in [4.78, 5) is 5.72. The van der Waals surface area contributed by atoms with Crippen LogP contribution in [0.5, 0.6) is 0 Å². The molecular formula is C15H11ClINS. The van der Waals surface area contributed by atoms with E-state index in [1.807, 2.05) is 48.6 Å². The summed E-state index contributed by atoms with van der Waals surface area (Å²) < 4.78 is 0.807. The average molecular weight is 400 g/mol. The van der Waals surface area contributed by atoms with Gasteiger partial charge in [0.25, 0.3) is 0 Å². The molecule has 0 aliphatic heterocycles. The van der Waals surface area contributed by atoms with Gasteiger partial charge in [0.1, 0.15) is 0 Å². The third-order valence-electron chi connectivity index (χ3n) is 2.63. The van der Waals surface area contributed by atoms with Gasteiger partial charge in [-0.2, -0.15) is 0 Å². The topological polar surface area (TPSA) is 12.9 Å². The SMILES string of the molecule is Clc1ccc(/C=C/c2ccc3ccccc3n2)s1.I. The van der Waals surface area contributed by atoms with E-state index < -0.39 is 0 Å². The molecule has 0 aliphatic carbocycles. The first-order valence-corrected chi connectivity index (χ1v) is 6.80. The molecule has 2 heterocycles. The molecule has 0 saturated carbocycles. The quantitative estimate of drug-likeness (QED) is 0.501. The Morgan fingerprint density at radius 1 is 0.947 bits per heavy atom. The van der Waals surface area contributed by atoms with Gasteiger partial charge in [-0.05, 0) is 36.4 Å². The van der Waals surface area contributed by atoms with Crippen molar-refractivity contribution >= 4 is 70.0 Å². The second kappa shape index (κ2) is 6.50. The average Bonchev–Trinajstić information content (AvgIpc) is 2.82. The zero-order valence-electron chi connectivity index (χ0n) is 9.92. The van der Waals surface area contributed by atoms with E-state index in [-0.39, 0.29) is 24.0 Å². The number of aromatic nitrogens is 1. The van der Waals surface area contributed by atoms with Crippen LogP contribution in [-0.4, -0.2) is 4.98 Å². The highest BCUT2D eigenvalue weighted by Crippen LogP contribution is 2.23. The van der Waals surface area contributed by atoms with Crippen LogP contribution in [0.4, 0.5) is 0 Å². The van der Waals surface area contributed by atoms with Crippen molar-refractivity contribution in [1.82, 2.24) is 4.98 Å². The van der Waals surface area contributed by atoms with Crippen molar-refractivity contribution in [1.29, 1.82) is 0 Å². The van der Waals surface area contributed by atoms with Gasteiger partial charge in [0, 0.05) is 10.3 Å². The molecule has 3 aromatic rings. The standard InChI is InChI=1S/C15H10ClNS.HI/c16-15-10-9-13(18-15)8-7-12-6-5-11-3-1-2-4-14(11)17-12;/h1-10H;1H/b8-7+;. The molecule has 0 fully saturated rings. The van der Waals surface area contributed by atoms with E-state index in [9.17, 15) is 0 Å².